The summed E-state index contributed by atoms with van der Waals surface area (Å²) < 4.78 is 2.46. The average molecular weight is 454 g/mol. The number of para-hydroxylation sites is 1. The highest BCUT2D eigenvalue weighted by atomic mass is 79.9. The Balaban J connectivity index is 1.94. The second kappa shape index (κ2) is 6.73. The van der Waals surface area contributed by atoms with Crippen LogP contribution in [-0.4, -0.2) is 21.8 Å². The van der Waals surface area contributed by atoms with E-state index in [-0.39, 0.29) is 11.8 Å². The van der Waals surface area contributed by atoms with Gasteiger partial charge in [0.15, 0.2) is 0 Å². The molecule has 1 aromatic carbocycles. The van der Waals surface area contributed by atoms with Crippen LogP contribution in [0, 0.1) is 0 Å². The maximum Gasteiger partial charge on any atom is 0.224 e. The third-order valence-electron chi connectivity index (χ3n) is 2.84. The van der Waals surface area contributed by atoms with Crippen LogP contribution in [0.2, 0.25) is 0 Å². The Morgan fingerprint density at radius 1 is 1.09 bits per heavy atom. The highest BCUT2D eigenvalue weighted by Gasteiger charge is 2.10. The summed E-state index contributed by atoms with van der Waals surface area (Å²) in [7, 11) is 0. The first-order valence-corrected chi connectivity index (χ1v) is 8.78. The molecule has 3 aromatic rings. The minimum Gasteiger partial charge on any atom is -0.383 e. The van der Waals surface area contributed by atoms with Crippen LogP contribution in [0.5, 0.6) is 0 Å². The van der Waals surface area contributed by atoms with Gasteiger partial charge in [-0.3, -0.25) is 4.98 Å². The van der Waals surface area contributed by atoms with Gasteiger partial charge in [-0.05, 0) is 44.0 Å². The van der Waals surface area contributed by atoms with Crippen molar-refractivity contribution in [3.8, 4) is 0 Å². The van der Waals surface area contributed by atoms with Gasteiger partial charge in [0, 0.05) is 26.9 Å². The van der Waals surface area contributed by atoms with Crippen LogP contribution < -0.4 is 11.5 Å². The molecule has 0 saturated carbocycles. The van der Waals surface area contributed by atoms with Crippen molar-refractivity contribution in [2.45, 2.75) is 0 Å². The molecule has 0 bridgehead atoms. The van der Waals surface area contributed by atoms with E-state index in [0.717, 1.165) is 10.2 Å². The number of aliphatic imine (C=N–C) groups is 2. The van der Waals surface area contributed by atoms with E-state index in [0.29, 0.717) is 19.6 Å². The fourth-order valence-corrected chi connectivity index (χ4v) is 4.05. The summed E-state index contributed by atoms with van der Waals surface area (Å²) in [6, 6.07) is 7.77. The first kappa shape index (κ1) is 16.0. The predicted octanol–water partition coefficient (Wildman–Crippen LogP) is 3.57. The number of nitrogens with two attached hydrogens (primary N) is 2. The zero-order valence-electron chi connectivity index (χ0n) is 11.6. The van der Waals surface area contributed by atoms with Gasteiger partial charge in [-0.25, -0.2) is 4.98 Å². The summed E-state index contributed by atoms with van der Waals surface area (Å²) in [5.41, 5.74) is 13.4. The molecule has 0 saturated heterocycles. The molecule has 0 aliphatic carbocycles. The first-order chi connectivity index (χ1) is 11.0. The number of rotatable bonds is 2. The Bertz CT molecular complexity index is 881. The van der Waals surface area contributed by atoms with Gasteiger partial charge in [0.2, 0.25) is 11.1 Å². The van der Waals surface area contributed by atoms with Gasteiger partial charge in [0.25, 0.3) is 0 Å². The van der Waals surface area contributed by atoms with E-state index >= 15 is 0 Å². The minimum absolute atomic E-state index is 0.0390. The van der Waals surface area contributed by atoms with Gasteiger partial charge in [-0.1, -0.05) is 23.5 Å². The summed E-state index contributed by atoms with van der Waals surface area (Å²) in [5.74, 6) is 0.269. The molecule has 4 N–H and O–H groups in total. The molecule has 0 radical (unpaired) electrons. The maximum atomic E-state index is 6.01. The lowest BCUT2D eigenvalue weighted by molar-refractivity contribution is 1.27. The monoisotopic (exact) mass is 452 g/mol. The van der Waals surface area contributed by atoms with E-state index in [1.165, 1.54) is 11.3 Å². The van der Waals surface area contributed by atoms with Gasteiger partial charge < -0.3 is 11.5 Å². The molecule has 3 rings (SSSR count). The molecule has 0 spiro atoms. The molecule has 116 valence electrons. The van der Waals surface area contributed by atoms with E-state index in [2.05, 4.69) is 51.8 Å². The number of fused-ring (bicyclic) bond motifs is 1. The first-order valence-electron chi connectivity index (χ1n) is 6.38. The van der Waals surface area contributed by atoms with E-state index in [1.54, 1.807) is 12.4 Å². The number of pyridine rings is 1. The van der Waals surface area contributed by atoms with Crippen molar-refractivity contribution in [1.82, 2.24) is 9.97 Å². The average Bonchev–Trinajstić information content (AvgIpc) is 2.88. The smallest absolute Gasteiger partial charge is 0.224 e. The van der Waals surface area contributed by atoms with Crippen molar-refractivity contribution in [2.24, 2.45) is 21.5 Å². The van der Waals surface area contributed by atoms with Crippen LogP contribution in [0.3, 0.4) is 0 Å². The summed E-state index contributed by atoms with van der Waals surface area (Å²) in [6.07, 6.45) is 3.26. The molecule has 0 unspecified atom stereocenters. The highest BCUT2D eigenvalue weighted by Crippen LogP contribution is 2.27. The van der Waals surface area contributed by atoms with E-state index in [4.69, 9.17) is 11.5 Å². The summed E-state index contributed by atoms with van der Waals surface area (Å²) in [6.45, 7) is 0. The number of benzene rings is 1. The molecule has 0 fully saturated rings. The van der Waals surface area contributed by atoms with Gasteiger partial charge in [-0.15, -0.1) is 0 Å². The van der Waals surface area contributed by atoms with Crippen molar-refractivity contribution in [1.29, 1.82) is 0 Å². The summed E-state index contributed by atoms with van der Waals surface area (Å²) >= 11 is 8.20. The predicted molar refractivity (Wildman–Crippen MR) is 101 cm³/mol. The van der Waals surface area contributed by atoms with Crippen LogP contribution in [0.1, 0.15) is 5.56 Å². The quantitative estimate of drug-likeness (QED) is 0.457. The molecule has 0 atom stereocenters. The minimum atomic E-state index is 0.0390. The Kier molecular flexibility index (Phi) is 4.69. The van der Waals surface area contributed by atoms with Crippen molar-refractivity contribution >= 4 is 70.3 Å². The molecule has 0 aliphatic rings. The number of nitrogens with zero attached hydrogens (tertiary/aromatic N) is 4. The Hall–Kier alpha value is -1.84. The second-order valence-corrected chi connectivity index (χ2v) is 7.13. The Morgan fingerprint density at radius 2 is 1.78 bits per heavy atom. The molecule has 0 aliphatic heterocycles. The summed E-state index contributed by atoms with van der Waals surface area (Å²) in [5, 5.41) is 0.535. The SMILES string of the molecule is NC(=Nc1nc2ccccc2s1)N=C(N)c1c(Br)cncc1Br. The van der Waals surface area contributed by atoms with Crippen molar-refractivity contribution in [3.63, 3.8) is 0 Å². The highest BCUT2D eigenvalue weighted by molar-refractivity contribution is 9.11. The molecular weight excluding hydrogens is 444 g/mol. The van der Waals surface area contributed by atoms with Crippen LogP contribution in [-0.2, 0) is 0 Å². The largest absolute Gasteiger partial charge is 0.383 e. The van der Waals surface area contributed by atoms with Crippen LogP contribution in [0.25, 0.3) is 10.2 Å². The van der Waals surface area contributed by atoms with Gasteiger partial charge in [-0.2, -0.15) is 9.98 Å². The van der Waals surface area contributed by atoms with Gasteiger partial charge in [0.05, 0.1) is 10.2 Å². The number of hydrogen-bond donors (Lipinski definition) is 2. The normalized spacial score (nSPS) is 12.8. The van der Waals surface area contributed by atoms with Crippen LogP contribution >= 0.6 is 43.2 Å². The van der Waals surface area contributed by atoms with E-state index in [9.17, 15) is 0 Å². The summed E-state index contributed by atoms with van der Waals surface area (Å²) in [4.78, 5) is 16.7. The lowest BCUT2D eigenvalue weighted by atomic mass is 10.2. The van der Waals surface area contributed by atoms with E-state index in [1.807, 2.05) is 24.3 Å². The standard InChI is InChI=1S/C14H10Br2N6S/c15-7-5-19-6-8(16)11(7)12(17)21-13(18)22-14-20-9-3-1-2-4-10(9)23-14/h1-6H,(H4,17,18,20,21,22). The van der Waals surface area contributed by atoms with Crippen LogP contribution in [0.15, 0.2) is 55.6 Å². The third kappa shape index (κ3) is 3.57. The fourth-order valence-electron chi connectivity index (χ4n) is 1.87. The van der Waals surface area contributed by atoms with E-state index < -0.39 is 0 Å². The van der Waals surface area contributed by atoms with Gasteiger partial charge >= 0.3 is 0 Å². The fraction of sp³-hybridized carbons (Fsp3) is 0. The molecule has 9 heteroatoms. The molecule has 0 amide bonds. The third-order valence-corrected chi connectivity index (χ3v) is 4.97. The second-order valence-electron chi connectivity index (χ2n) is 4.41. The Labute approximate surface area is 152 Å². The zero-order chi connectivity index (χ0) is 16.4. The van der Waals surface area contributed by atoms with Crippen molar-refractivity contribution in [3.05, 3.63) is 51.2 Å². The molecule has 2 aromatic heterocycles. The number of aromatic nitrogens is 2. The van der Waals surface area contributed by atoms with Crippen molar-refractivity contribution < 1.29 is 0 Å². The topological polar surface area (TPSA) is 103 Å². The van der Waals surface area contributed by atoms with Crippen LogP contribution in [0.4, 0.5) is 5.13 Å². The number of hydrogen-bond acceptors (Lipinski definition) is 4. The number of guanidine groups is 1. The number of amidine groups is 1. The maximum absolute atomic E-state index is 6.01. The zero-order valence-corrected chi connectivity index (χ0v) is 15.6. The Morgan fingerprint density at radius 3 is 2.48 bits per heavy atom. The molecule has 2 heterocycles. The van der Waals surface area contributed by atoms with Gasteiger partial charge in [0.1, 0.15) is 5.84 Å². The molecule has 23 heavy (non-hydrogen) atoms. The number of thiazole rings is 1. The molecular formula is C14H10Br2N6S. The lowest BCUT2D eigenvalue weighted by Gasteiger charge is -2.05. The van der Waals surface area contributed by atoms with Crippen molar-refractivity contribution in [2.75, 3.05) is 0 Å². The number of halogens is 2. The lowest BCUT2D eigenvalue weighted by Crippen LogP contribution is -2.20. The molecule has 6 nitrogen and oxygen atoms in total.